The first kappa shape index (κ1) is 44.1. The molecule has 0 atom stereocenters. The summed E-state index contributed by atoms with van der Waals surface area (Å²) in [5, 5.41) is 4.65. The molecule has 284 valence electrons. The molecule has 0 unspecified atom stereocenters. The van der Waals surface area contributed by atoms with Crippen LogP contribution < -0.4 is 5.32 Å². The molecule has 1 aliphatic rings. The number of rotatable bonds is 32. The Kier molecular flexibility index (Phi) is 27.5. The van der Waals surface area contributed by atoms with Gasteiger partial charge in [0.1, 0.15) is 12.0 Å². The van der Waals surface area contributed by atoms with Crippen LogP contribution in [0.25, 0.3) is 0 Å². The summed E-state index contributed by atoms with van der Waals surface area (Å²) in [4.78, 5) is 29.0. The van der Waals surface area contributed by atoms with Crippen LogP contribution in [-0.4, -0.2) is 57.3 Å². The number of hydrogen-bond donors (Lipinski definition) is 1. The summed E-state index contributed by atoms with van der Waals surface area (Å²) in [5.41, 5.74) is 0. The third kappa shape index (κ3) is 23.9. The largest absolute Gasteiger partial charge is 0.383 e. The molecule has 9 heteroatoms. The van der Waals surface area contributed by atoms with Gasteiger partial charge in [-0.1, -0.05) is 154 Å². The first-order chi connectivity index (χ1) is 24.0. The number of piperidine rings is 1. The molecule has 0 spiro atoms. The normalized spacial score (nSPS) is 14.1. The highest BCUT2D eigenvalue weighted by molar-refractivity contribution is 7.99. The maximum absolute atomic E-state index is 12.4. The van der Waals surface area contributed by atoms with E-state index < -0.39 is 0 Å². The molecule has 0 saturated carbocycles. The monoisotopic (exact) mass is 722 g/mol. The van der Waals surface area contributed by atoms with Crippen molar-refractivity contribution in [3.05, 3.63) is 0 Å². The highest BCUT2D eigenvalue weighted by Crippen LogP contribution is 2.25. The molecule has 1 aliphatic heterocycles. The minimum Gasteiger partial charge on any atom is -0.383 e. The number of thioether (sulfide) groups is 1. The average molecular weight is 722 g/mol. The van der Waals surface area contributed by atoms with Crippen LogP contribution in [0.1, 0.15) is 195 Å². The Morgan fingerprint density at radius 3 is 1.73 bits per heavy atom. The molecule has 0 amide bonds. The predicted octanol–water partition coefficient (Wildman–Crippen LogP) is 12.4. The summed E-state index contributed by atoms with van der Waals surface area (Å²) in [6, 6.07) is 0.634. The number of aromatic nitrogens is 3. The van der Waals surface area contributed by atoms with Crippen LogP contribution in [0.3, 0.4) is 0 Å². The fourth-order valence-corrected chi connectivity index (χ4v) is 8.04. The molecule has 49 heavy (non-hydrogen) atoms. The molecule has 2 heterocycles. The van der Waals surface area contributed by atoms with E-state index >= 15 is 0 Å². The van der Waals surface area contributed by atoms with Gasteiger partial charge in [0, 0.05) is 24.8 Å². The van der Waals surface area contributed by atoms with Gasteiger partial charge in [0.15, 0.2) is 5.16 Å². The molecule has 0 aliphatic carbocycles. The highest BCUT2D eigenvalue weighted by atomic mass is 32.2. The summed E-state index contributed by atoms with van der Waals surface area (Å²) in [6.45, 7) is 12.3. The molecule has 1 saturated heterocycles. The fraction of sp³-hybridized carbons (Fsp3) is 0.900. The Morgan fingerprint density at radius 2 is 1.20 bits per heavy atom. The van der Waals surface area contributed by atoms with E-state index in [9.17, 15) is 4.79 Å². The lowest BCUT2D eigenvalue weighted by Gasteiger charge is -2.34. The first-order valence-electron chi connectivity index (χ1n) is 20.8. The Balaban J connectivity index is 1.66. The van der Waals surface area contributed by atoms with Gasteiger partial charge in [0.05, 0.1) is 0 Å². The first-order valence-corrected chi connectivity index (χ1v) is 22.5. The lowest BCUT2D eigenvalue weighted by molar-refractivity contribution is -0.133. The van der Waals surface area contributed by atoms with Crippen LogP contribution in [0.15, 0.2) is 10.3 Å². The van der Waals surface area contributed by atoms with Crippen molar-refractivity contribution < 1.29 is 8.98 Å². The van der Waals surface area contributed by atoms with Gasteiger partial charge in [-0.15, -0.1) is 0 Å². The molecule has 1 aromatic rings. The van der Waals surface area contributed by atoms with Crippen LogP contribution in [0, 0.1) is 5.92 Å². The van der Waals surface area contributed by atoms with Crippen LogP contribution >= 0.6 is 23.8 Å². The molecular formula is C40H75N5O2S2. The Bertz CT molecular complexity index is 930. The van der Waals surface area contributed by atoms with Gasteiger partial charge in [-0.2, -0.15) is 15.0 Å². The van der Waals surface area contributed by atoms with Crippen molar-refractivity contribution >= 4 is 35.7 Å². The third-order valence-electron chi connectivity index (χ3n) is 9.98. The maximum atomic E-state index is 12.4. The van der Waals surface area contributed by atoms with E-state index in [-0.39, 0.29) is 5.97 Å². The topological polar surface area (TPSA) is 80.2 Å². The lowest BCUT2D eigenvalue weighted by atomic mass is 9.93. The molecule has 7 nitrogen and oxygen atoms in total. The van der Waals surface area contributed by atoms with Crippen molar-refractivity contribution in [2.24, 2.45) is 5.92 Å². The number of nitrogens with zero attached hydrogens (tertiary/aromatic N) is 4. The van der Waals surface area contributed by atoms with E-state index in [0.717, 1.165) is 54.7 Å². The Labute approximate surface area is 311 Å². The van der Waals surface area contributed by atoms with Crippen molar-refractivity contribution in [2.45, 2.75) is 211 Å². The number of unbranched alkanes of at least 4 members (excludes halogenated alkanes) is 20. The van der Waals surface area contributed by atoms with Crippen LogP contribution in [0.2, 0.25) is 0 Å². The van der Waals surface area contributed by atoms with Crippen LogP contribution in [-0.2, 0) is 8.98 Å². The van der Waals surface area contributed by atoms with Crippen molar-refractivity contribution in [3.8, 4) is 0 Å². The van der Waals surface area contributed by atoms with Gasteiger partial charge < -0.3 is 14.4 Å². The van der Waals surface area contributed by atoms with Crippen LogP contribution in [0.5, 0.6) is 0 Å². The van der Waals surface area contributed by atoms with Gasteiger partial charge in [0.25, 0.3) is 0 Å². The van der Waals surface area contributed by atoms with E-state index in [1.165, 1.54) is 154 Å². The maximum Gasteiger partial charge on any atom is 0.318 e. The summed E-state index contributed by atoms with van der Waals surface area (Å²) in [7, 11) is 0. The summed E-state index contributed by atoms with van der Waals surface area (Å²) in [5.74, 6) is 2.15. The molecule has 1 aromatic heterocycles. The van der Waals surface area contributed by atoms with E-state index in [2.05, 4.69) is 47.9 Å². The fourth-order valence-electron chi connectivity index (χ4n) is 6.65. The molecule has 0 radical (unpaired) electrons. The van der Waals surface area contributed by atoms with Gasteiger partial charge in [0.2, 0.25) is 11.1 Å². The Hall–Kier alpha value is -1.06. The number of hydrogen-bond acceptors (Lipinski definition) is 9. The minimum absolute atomic E-state index is 0.189. The number of nitrogens with one attached hydrogen (secondary N) is 1. The number of anilines is 1. The van der Waals surface area contributed by atoms with Crippen molar-refractivity contribution in [1.29, 1.82) is 0 Å². The SMILES string of the molecule is CCCCCCCCCCCCCCCCCCSc1nc(NCCC2CCN(C(C)C)CC2)nc(SOC(=O)CCCCCCCC)n1. The molecule has 0 bridgehead atoms. The van der Waals surface area contributed by atoms with Gasteiger partial charge in [-0.3, -0.25) is 4.79 Å². The second-order valence-corrected chi connectivity index (χ2v) is 16.5. The molecule has 0 aromatic carbocycles. The standard InChI is InChI=1S/C40H75N5O2S2/c1-5-7-9-11-13-14-15-16-17-18-19-20-21-22-24-26-34-48-39-42-38(41-31-28-36-29-32-45(33-30-36)35(3)4)43-40(44-39)49-47-37(46)27-25-23-12-10-8-6-2/h35-36H,5-34H2,1-4H3,(H,41,42,43,44). The van der Waals surface area contributed by atoms with Crippen LogP contribution in [0.4, 0.5) is 5.95 Å². The lowest BCUT2D eigenvalue weighted by Crippen LogP contribution is -2.38. The van der Waals surface area contributed by atoms with Crippen molar-refractivity contribution in [3.63, 3.8) is 0 Å². The second kappa shape index (κ2) is 30.6. The quantitative estimate of drug-likeness (QED) is 0.0444. The second-order valence-electron chi connectivity index (χ2n) is 14.7. The summed E-state index contributed by atoms with van der Waals surface area (Å²) >= 11 is 2.68. The van der Waals surface area contributed by atoms with Gasteiger partial charge >= 0.3 is 5.97 Å². The number of carbonyl (C=O) groups is 1. The summed E-state index contributed by atoms with van der Waals surface area (Å²) in [6.07, 6.45) is 33.1. The number of likely N-dealkylation sites (tertiary alicyclic amines) is 1. The molecule has 2 rings (SSSR count). The zero-order chi connectivity index (χ0) is 35.2. The van der Waals surface area contributed by atoms with E-state index in [0.29, 0.717) is 23.6 Å². The zero-order valence-electron chi connectivity index (χ0n) is 32.3. The number of carbonyl (C=O) groups excluding carboxylic acids is 1. The predicted molar refractivity (Wildman–Crippen MR) is 213 cm³/mol. The highest BCUT2D eigenvalue weighted by Gasteiger charge is 2.20. The molecule has 1 N–H and O–H groups in total. The molecular weight excluding hydrogens is 647 g/mol. The van der Waals surface area contributed by atoms with E-state index in [1.807, 2.05) is 0 Å². The van der Waals surface area contributed by atoms with Gasteiger partial charge in [-0.25, -0.2) is 0 Å². The average Bonchev–Trinajstić information content (AvgIpc) is 3.10. The molecule has 1 fully saturated rings. The van der Waals surface area contributed by atoms with E-state index in [4.69, 9.17) is 9.17 Å². The minimum atomic E-state index is -0.189. The smallest absolute Gasteiger partial charge is 0.318 e. The summed E-state index contributed by atoms with van der Waals surface area (Å²) < 4.78 is 5.52. The Morgan fingerprint density at radius 1 is 0.714 bits per heavy atom. The zero-order valence-corrected chi connectivity index (χ0v) is 33.9. The van der Waals surface area contributed by atoms with Gasteiger partial charge in [-0.05, 0) is 65.0 Å². The van der Waals surface area contributed by atoms with Crippen molar-refractivity contribution in [2.75, 3.05) is 30.7 Å². The third-order valence-corrected chi connectivity index (χ3v) is 11.5. The van der Waals surface area contributed by atoms with E-state index in [1.54, 1.807) is 11.8 Å². The van der Waals surface area contributed by atoms with Crippen molar-refractivity contribution in [1.82, 2.24) is 19.9 Å².